The van der Waals surface area contributed by atoms with E-state index in [1.807, 2.05) is 48.7 Å². The minimum atomic E-state index is 0.357. The first kappa shape index (κ1) is 16.4. The molecular formula is C16H16N4O2S2. The summed E-state index contributed by atoms with van der Waals surface area (Å²) in [7, 11) is 0. The number of benzene rings is 1. The molecule has 24 heavy (non-hydrogen) atoms. The number of thiophene rings is 1. The lowest BCUT2D eigenvalue weighted by atomic mass is 10.3. The molecule has 0 saturated heterocycles. The first-order valence-electron chi connectivity index (χ1n) is 7.39. The van der Waals surface area contributed by atoms with Crippen LogP contribution in [0.5, 0.6) is 5.75 Å². The van der Waals surface area contributed by atoms with Gasteiger partial charge in [-0.2, -0.15) is 4.98 Å². The lowest BCUT2D eigenvalue weighted by Crippen LogP contribution is -2.28. The fourth-order valence-electron chi connectivity index (χ4n) is 1.99. The number of aromatic nitrogens is 2. The zero-order chi connectivity index (χ0) is 16.8. The Morgan fingerprint density at radius 2 is 2.25 bits per heavy atom. The fraction of sp³-hybridized carbons (Fsp3) is 0.188. The molecule has 6 nitrogen and oxygen atoms in total. The largest absolute Gasteiger partial charge is 0.494 e. The molecular weight excluding hydrogens is 344 g/mol. The molecule has 0 fully saturated rings. The molecule has 0 atom stereocenters. The van der Waals surface area contributed by atoms with E-state index in [4.69, 9.17) is 21.5 Å². The van der Waals surface area contributed by atoms with Crippen molar-refractivity contribution < 1.29 is 9.26 Å². The highest BCUT2D eigenvalue weighted by atomic mass is 32.1. The topological polar surface area (TPSA) is 72.2 Å². The van der Waals surface area contributed by atoms with Gasteiger partial charge in [-0.05, 0) is 42.7 Å². The smallest absolute Gasteiger partial charge is 0.246 e. The van der Waals surface area contributed by atoms with Crippen LogP contribution in [0, 0.1) is 0 Å². The molecule has 0 saturated carbocycles. The van der Waals surface area contributed by atoms with Crippen LogP contribution in [0.2, 0.25) is 0 Å². The summed E-state index contributed by atoms with van der Waals surface area (Å²) in [4.78, 5) is 5.30. The molecule has 3 aromatic rings. The number of nitrogens with one attached hydrogen (secondary N) is 2. The monoisotopic (exact) mass is 360 g/mol. The van der Waals surface area contributed by atoms with E-state index in [-0.39, 0.29) is 0 Å². The molecule has 2 heterocycles. The van der Waals surface area contributed by atoms with E-state index in [2.05, 4.69) is 20.8 Å². The first-order valence-corrected chi connectivity index (χ1v) is 8.67. The van der Waals surface area contributed by atoms with Crippen LogP contribution in [0.25, 0.3) is 10.7 Å². The Balaban J connectivity index is 1.53. The number of thiocarbonyl (C=S) groups is 1. The highest BCUT2D eigenvalue weighted by Crippen LogP contribution is 2.21. The van der Waals surface area contributed by atoms with Gasteiger partial charge >= 0.3 is 0 Å². The maximum absolute atomic E-state index is 5.46. The molecule has 2 N–H and O–H groups in total. The molecule has 124 valence electrons. The summed E-state index contributed by atoms with van der Waals surface area (Å²) >= 11 is 6.84. The third-order valence-corrected chi connectivity index (χ3v) is 4.12. The van der Waals surface area contributed by atoms with Crippen LogP contribution in [0.3, 0.4) is 0 Å². The Morgan fingerprint density at radius 3 is 3.04 bits per heavy atom. The van der Waals surface area contributed by atoms with Crippen LogP contribution in [0.4, 0.5) is 5.69 Å². The second-order valence-electron chi connectivity index (χ2n) is 4.76. The van der Waals surface area contributed by atoms with Crippen molar-refractivity contribution >= 4 is 34.4 Å². The lowest BCUT2D eigenvalue weighted by Gasteiger charge is -2.10. The van der Waals surface area contributed by atoms with Gasteiger partial charge in [-0.15, -0.1) is 11.3 Å². The van der Waals surface area contributed by atoms with Crippen LogP contribution in [-0.2, 0) is 6.54 Å². The van der Waals surface area contributed by atoms with E-state index in [9.17, 15) is 0 Å². The summed E-state index contributed by atoms with van der Waals surface area (Å²) in [6.07, 6.45) is 0. The zero-order valence-electron chi connectivity index (χ0n) is 13.0. The predicted molar refractivity (Wildman–Crippen MR) is 98.3 cm³/mol. The molecule has 0 bridgehead atoms. The maximum Gasteiger partial charge on any atom is 0.246 e. The van der Waals surface area contributed by atoms with Crippen molar-refractivity contribution in [2.45, 2.75) is 13.5 Å². The van der Waals surface area contributed by atoms with E-state index in [1.165, 1.54) is 0 Å². The van der Waals surface area contributed by atoms with Crippen molar-refractivity contribution in [3.05, 3.63) is 47.7 Å². The van der Waals surface area contributed by atoms with E-state index in [0.717, 1.165) is 16.3 Å². The second kappa shape index (κ2) is 7.89. The summed E-state index contributed by atoms with van der Waals surface area (Å²) < 4.78 is 10.7. The second-order valence-corrected chi connectivity index (χ2v) is 6.11. The van der Waals surface area contributed by atoms with Crippen LogP contribution in [-0.4, -0.2) is 21.9 Å². The molecule has 1 aromatic carbocycles. The summed E-state index contributed by atoms with van der Waals surface area (Å²) in [5.41, 5.74) is 0.850. The Hall–Kier alpha value is -2.45. The van der Waals surface area contributed by atoms with Crippen LogP contribution < -0.4 is 15.4 Å². The summed E-state index contributed by atoms with van der Waals surface area (Å²) in [6, 6.07) is 11.5. The summed E-state index contributed by atoms with van der Waals surface area (Å²) in [5.74, 6) is 1.86. The van der Waals surface area contributed by atoms with Crippen LogP contribution >= 0.6 is 23.6 Å². The van der Waals surface area contributed by atoms with Gasteiger partial charge in [-0.1, -0.05) is 17.3 Å². The highest BCUT2D eigenvalue weighted by molar-refractivity contribution is 7.80. The molecule has 0 aliphatic heterocycles. The number of anilines is 1. The third-order valence-electron chi connectivity index (χ3n) is 3.01. The molecule has 2 aromatic heterocycles. The van der Waals surface area contributed by atoms with Gasteiger partial charge in [-0.25, -0.2) is 0 Å². The predicted octanol–water partition coefficient (Wildman–Crippen LogP) is 3.68. The van der Waals surface area contributed by atoms with Crippen molar-refractivity contribution in [2.75, 3.05) is 11.9 Å². The van der Waals surface area contributed by atoms with E-state index in [1.54, 1.807) is 11.3 Å². The normalized spacial score (nSPS) is 10.4. The van der Waals surface area contributed by atoms with Gasteiger partial charge in [0.15, 0.2) is 5.11 Å². The van der Waals surface area contributed by atoms with Gasteiger partial charge in [0.05, 0.1) is 18.0 Å². The van der Waals surface area contributed by atoms with Gasteiger partial charge in [0.1, 0.15) is 5.75 Å². The molecule has 0 aliphatic carbocycles. The van der Waals surface area contributed by atoms with Gasteiger partial charge in [0, 0.05) is 11.8 Å². The SMILES string of the molecule is CCOc1cccc(NC(=S)NCc2nc(-c3cccs3)no2)c1. The third kappa shape index (κ3) is 4.30. The molecule has 0 spiro atoms. The van der Waals surface area contributed by atoms with Gasteiger partial charge in [0.2, 0.25) is 11.7 Å². The molecule has 0 amide bonds. The number of nitrogens with zero attached hydrogens (tertiary/aromatic N) is 2. The molecule has 3 rings (SSSR count). The van der Waals surface area contributed by atoms with Crippen molar-refractivity contribution in [1.29, 1.82) is 0 Å². The van der Waals surface area contributed by atoms with Crippen molar-refractivity contribution in [1.82, 2.24) is 15.5 Å². The quantitative estimate of drug-likeness (QED) is 0.650. The first-order chi connectivity index (χ1) is 11.7. The number of hydrogen-bond acceptors (Lipinski definition) is 6. The minimum absolute atomic E-state index is 0.357. The Labute approximate surface area is 148 Å². The van der Waals surface area contributed by atoms with Crippen LogP contribution in [0.1, 0.15) is 12.8 Å². The van der Waals surface area contributed by atoms with Crippen molar-refractivity contribution in [3.63, 3.8) is 0 Å². The molecule has 0 radical (unpaired) electrons. The maximum atomic E-state index is 5.46. The van der Waals surface area contributed by atoms with E-state index >= 15 is 0 Å². The van der Waals surface area contributed by atoms with Gasteiger partial charge in [-0.3, -0.25) is 0 Å². The Morgan fingerprint density at radius 1 is 1.33 bits per heavy atom. The van der Waals surface area contributed by atoms with Crippen molar-refractivity contribution in [3.8, 4) is 16.5 Å². The fourth-order valence-corrected chi connectivity index (χ4v) is 2.83. The Kier molecular flexibility index (Phi) is 5.39. The summed E-state index contributed by atoms with van der Waals surface area (Å²) in [6.45, 7) is 2.92. The van der Waals surface area contributed by atoms with Gasteiger partial charge in [0.25, 0.3) is 0 Å². The Bertz CT molecular complexity index is 802. The zero-order valence-corrected chi connectivity index (χ0v) is 14.6. The van der Waals surface area contributed by atoms with Crippen molar-refractivity contribution in [2.24, 2.45) is 0 Å². The van der Waals surface area contributed by atoms with E-state index in [0.29, 0.717) is 30.0 Å². The average molecular weight is 360 g/mol. The lowest BCUT2D eigenvalue weighted by molar-refractivity contribution is 0.340. The van der Waals surface area contributed by atoms with E-state index < -0.39 is 0 Å². The number of rotatable bonds is 6. The average Bonchev–Trinajstić information content (AvgIpc) is 3.25. The number of ether oxygens (including phenoxy) is 1. The standard InChI is InChI=1S/C16H16N4O2S2/c1-2-21-12-6-3-5-11(9-12)18-16(23)17-10-14-19-15(20-22-14)13-7-4-8-24-13/h3-9H,2,10H2,1H3,(H2,17,18,23). The van der Waals surface area contributed by atoms with Gasteiger partial charge < -0.3 is 19.9 Å². The van der Waals surface area contributed by atoms with Crippen LogP contribution in [0.15, 0.2) is 46.3 Å². The molecule has 8 heteroatoms. The summed E-state index contributed by atoms with van der Waals surface area (Å²) in [5, 5.41) is 12.5. The minimum Gasteiger partial charge on any atom is -0.494 e. The number of hydrogen-bond donors (Lipinski definition) is 2. The highest BCUT2D eigenvalue weighted by Gasteiger charge is 2.09. The molecule has 0 unspecified atom stereocenters. The molecule has 0 aliphatic rings.